The van der Waals surface area contributed by atoms with Crippen LogP contribution in [0.1, 0.15) is 5.56 Å². The average molecular weight is 341 g/mol. The second-order valence-electron chi connectivity index (χ2n) is 6.22. The molecule has 0 saturated heterocycles. The van der Waals surface area contributed by atoms with Gasteiger partial charge in [0.05, 0.1) is 5.56 Å². The second-order valence-corrected chi connectivity index (χ2v) is 7.22. The van der Waals surface area contributed by atoms with E-state index >= 15 is 0 Å². The largest absolute Gasteiger partial charge is 0.308 e. The van der Waals surface area contributed by atoms with Gasteiger partial charge in [0.25, 0.3) is 0 Å². The maximum Gasteiger partial charge on any atom is 0.308 e. The van der Waals surface area contributed by atoms with Gasteiger partial charge in [-0.2, -0.15) is 4.57 Å². The molecule has 6 rings (SSSR count). The van der Waals surface area contributed by atoms with Gasteiger partial charge in [-0.05, 0) is 30.3 Å². The van der Waals surface area contributed by atoms with Gasteiger partial charge in [0, 0.05) is 24.2 Å². The van der Waals surface area contributed by atoms with E-state index in [4.69, 9.17) is 0 Å². The average Bonchev–Trinajstić information content (AvgIpc) is 3.30. The Kier molecular flexibility index (Phi) is 2.51. The monoisotopic (exact) mass is 341 g/mol. The third-order valence-electron chi connectivity index (χ3n) is 4.84. The molecule has 0 spiro atoms. The Labute approximate surface area is 147 Å². The summed E-state index contributed by atoms with van der Waals surface area (Å²) in [7, 11) is 0. The summed E-state index contributed by atoms with van der Waals surface area (Å²) in [5.74, 6) is 0. The van der Waals surface area contributed by atoms with Crippen LogP contribution >= 0.6 is 11.3 Å². The first-order chi connectivity index (χ1) is 12.4. The van der Waals surface area contributed by atoms with E-state index in [-0.39, 0.29) is 0 Å². The SMILES string of the molecule is c1ccc(-n2c3cccnc3c3sc4[n+](c32)Cc2ccncc2-4)cc1. The molecule has 4 nitrogen and oxygen atoms in total. The highest BCUT2D eigenvalue weighted by molar-refractivity contribution is 7.22. The summed E-state index contributed by atoms with van der Waals surface area (Å²) in [5.41, 5.74) is 7.18. The smallest absolute Gasteiger partial charge is 0.264 e. The van der Waals surface area contributed by atoms with Crippen molar-refractivity contribution >= 4 is 32.7 Å². The number of rotatable bonds is 1. The van der Waals surface area contributed by atoms with Crippen LogP contribution in [0.15, 0.2) is 67.1 Å². The van der Waals surface area contributed by atoms with Crippen molar-refractivity contribution in [2.24, 2.45) is 0 Å². The number of fused-ring (bicyclic) bond motifs is 7. The Bertz CT molecular complexity index is 1270. The van der Waals surface area contributed by atoms with Crippen molar-refractivity contribution in [2.75, 3.05) is 0 Å². The van der Waals surface area contributed by atoms with Crippen LogP contribution < -0.4 is 4.57 Å². The first kappa shape index (κ1) is 13.3. The molecule has 25 heavy (non-hydrogen) atoms. The van der Waals surface area contributed by atoms with Gasteiger partial charge in [-0.25, -0.2) is 4.57 Å². The summed E-state index contributed by atoms with van der Waals surface area (Å²) in [5, 5.41) is 1.27. The molecule has 1 aliphatic heterocycles. The molecule has 0 unspecified atom stereocenters. The maximum atomic E-state index is 4.68. The Morgan fingerprint density at radius 1 is 1.00 bits per heavy atom. The van der Waals surface area contributed by atoms with E-state index < -0.39 is 0 Å². The molecule has 5 aromatic rings. The number of benzene rings is 1. The quantitative estimate of drug-likeness (QED) is 0.424. The fraction of sp³-hybridized carbons (Fsp3) is 0.0500. The lowest BCUT2D eigenvalue weighted by Gasteiger charge is -2.00. The van der Waals surface area contributed by atoms with E-state index in [0.29, 0.717) is 0 Å². The third kappa shape index (κ3) is 1.68. The van der Waals surface area contributed by atoms with Crippen LogP contribution in [0, 0.1) is 0 Å². The fourth-order valence-corrected chi connectivity index (χ4v) is 5.06. The number of nitrogens with zero attached hydrogens (tertiary/aromatic N) is 4. The Morgan fingerprint density at radius 3 is 2.84 bits per heavy atom. The predicted octanol–water partition coefficient (Wildman–Crippen LogP) is 3.95. The third-order valence-corrected chi connectivity index (χ3v) is 6.06. The molecule has 0 saturated carbocycles. The topological polar surface area (TPSA) is 34.6 Å². The van der Waals surface area contributed by atoms with Gasteiger partial charge < -0.3 is 0 Å². The van der Waals surface area contributed by atoms with Crippen LogP contribution in [0.5, 0.6) is 0 Å². The molecule has 0 atom stereocenters. The summed E-state index contributed by atoms with van der Waals surface area (Å²) < 4.78 is 5.97. The number of hydrogen-bond acceptors (Lipinski definition) is 3. The lowest BCUT2D eigenvalue weighted by Crippen LogP contribution is -2.32. The van der Waals surface area contributed by atoms with E-state index in [1.165, 1.54) is 26.5 Å². The van der Waals surface area contributed by atoms with Crippen molar-refractivity contribution in [3.05, 3.63) is 72.7 Å². The molecule has 0 amide bonds. The van der Waals surface area contributed by atoms with E-state index in [1.807, 2.05) is 36.0 Å². The zero-order chi connectivity index (χ0) is 16.4. The molecular formula is C20H13N4S+. The highest BCUT2D eigenvalue weighted by Gasteiger charge is 2.34. The number of hydrogen-bond donors (Lipinski definition) is 0. The van der Waals surface area contributed by atoms with Crippen LogP contribution in [0.25, 0.3) is 37.6 Å². The highest BCUT2D eigenvalue weighted by Crippen LogP contribution is 2.40. The summed E-state index contributed by atoms with van der Waals surface area (Å²) in [6, 6.07) is 16.8. The lowest BCUT2D eigenvalue weighted by molar-refractivity contribution is -0.644. The van der Waals surface area contributed by atoms with E-state index in [2.05, 4.69) is 61.6 Å². The van der Waals surface area contributed by atoms with Crippen LogP contribution in [0.4, 0.5) is 0 Å². The fourth-order valence-electron chi connectivity index (χ4n) is 3.77. The van der Waals surface area contributed by atoms with Crippen LogP contribution in [-0.4, -0.2) is 14.5 Å². The van der Waals surface area contributed by atoms with Crippen LogP contribution in [-0.2, 0) is 6.54 Å². The molecule has 1 aromatic carbocycles. The summed E-state index contributed by atoms with van der Waals surface area (Å²) in [4.78, 5) is 9.01. The molecule has 5 heterocycles. The molecule has 118 valence electrons. The minimum Gasteiger partial charge on any atom is -0.264 e. The van der Waals surface area contributed by atoms with Gasteiger partial charge in [0.15, 0.2) is 15.2 Å². The van der Waals surface area contributed by atoms with Gasteiger partial charge in [-0.1, -0.05) is 29.5 Å². The molecular weight excluding hydrogens is 328 g/mol. The molecule has 1 aliphatic rings. The molecule has 0 aliphatic carbocycles. The summed E-state index contributed by atoms with van der Waals surface area (Å²) in [6.45, 7) is 0.885. The van der Waals surface area contributed by atoms with E-state index in [1.54, 1.807) is 0 Å². The van der Waals surface area contributed by atoms with Crippen molar-refractivity contribution in [3.63, 3.8) is 0 Å². The second kappa shape index (κ2) is 4.74. The van der Waals surface area contributed by atoms with E-state index in [0.717, 1.165) is 23.3 Å². The molecule has 0 fully saturated rings. The minimum atomic E-state index is 0.885. The standard InChI is InChI=1S/C20H13N4S/c1-2-5-14(6-3-1)24-16-7-4-9-22-17(16)18-19(24)23-12-13-8-10-21-11-15(13)20(23)25-18/h1-11H,12H2/q+1. The zero-order valence-electron chi connectivity index (χ0n) is 13.3. The molecule has 0 N–H and O–H groups in total. The Morgan fingerprint density at radius 2 is 1.92 bits per heavy atom. The Hall–Kier alpha value is -3.05. The number of thiazole rings is 1. The van der Waals surface area contributed by atoms with Crippen molar-refractivity contribution in [1.82, 2.24) is 14.5 Å². The number of aromatic nitrogens is 4. The van der Waals surface area contributed by atoms with Gasteiger partial charge in [-0.15, -0.1) is 0 Å². The first-order valence-electron chi connectivity index (χ1n) is 8.22. The van der Waals surface area contributed by atoms with Crippen molar-refractivity contribution in [1.29, 1.82) is 0 Å². The zero-order valence-corrected chi connectivity index (χ0v) is 14.1. The maximum absolute atomic E-state index is 4.68. The summed E-state index contributed by atoms with van der Waals surface area (Å²) in [6.07, 6.45) is 5.73. The lowest BCUT2D eigenvalue weighted by atomic mass is 10.2. The first-order valence-corrected chi connectivity index (χ1v) is 9.04. The molecule has 5 heteroatoms. The van der Waals surface area contributed by atoms with E-state index in [9.17, 15) is 0 Å². The van der Waals surface area contributed by atoms with Crippen molar-refractivity contribution < 1.29 is 4.57 Å². The van der Waals surface area contributed by atoms with Crippen molar-refractivity contribution in [2.45, 2.75) is 6.54 Å². The van der Waals surface area contributed by atoms with Crippen molar-refractivity contribution in [3.8, 4) is 16.3 Å². The number of para-hydroxylation sites is 1. The van der Waals surface area contributed by atoms with Gasteiger partial charge in [-0.3, -0.25) is 9.97 Å². The minimum absolute atomic E-state index is 0.885. The highest BCUT2D eigenvalue weighted by atomic mass is 32.1. The molecule has 0 bridgehead atoms. The van der Waals surface area contributed by atoms with Gasteiger partial charge >= 0.3 is 5.65 Å². The van der Waals surface area contributed by atoms with Gasteiger partial charge in [0.1, 0.15) is 17.7 Å². The van der Waals surface area contributed by atoms with Crippen LogP contribution in [0.3, 0.4) is 0 Å². The normalized spacial score (nSPS) is 12.6. The van der Waals surface area contributed by atoms with Gasteiger partial charge in [0.2, 0.25) is 0 Å². The summed E-state index contributed by atoms with van der Waals surface area (Å²) >= 11 is 1.81. The number of pyridine rings is 2. The van der Waals surface area contributed by atoms with Crippen LogP contribution in [0.2, 0.25) is 0 Å². The molecule has 0 radical (unpaired) electrons. The molecule has 4 aromatic heterocycles. The Balaban J connectivity index is 1.79. The predicted molar refractivity (Wildman–Crippen MR) is 99.0 cm³/mol.